The molecule has 0 saturated carbocycles. The maximum absolute atomic E-state index is 10.7. The Labute approximate surface area is 95.9 Å². The average molecular weight is 222 g/mol. The van der Waals surface area contributed by atoms with Gasteiger partial charge in [-0.05, 0) is 25.5 Å². The molecule has 1 rings (SSSR count). The molecule has 1 atom stereocenters. The summed E-state index contributed by atoms with van der Waals surface area (Å²) in [4.78, 5) is 16.9. The minimum atomic E-state index is -0.941. The summed E-state index contributed by atoms with van der Waals surface area (Å²) in [5, 5.41) is 8.75. The Hall–Kier alpha value is -1.58. The highest BCUT2D eigenvalue weighted by molar-refractivity contribution is 5.87. The van der Waals surface area contributed by atoms with Crippen LogP contribution < -0.4 is 4.90 Å². The molecule has 4 heteroatoms. The number of hydrogen-bond acceptors (Lipinski definition) is 3. The SMILES string of the molecule is CCCC(C)N(C)c1ccc(C(=O)O)cn1. The number of hydrogen-bond donors (Lipinski definition) is 1. The lowest BCUT2D eigenvalue weighted by Crippen LogP contribution is -2.29. The Morgan fingerprint density at radius 2 is 2.25 bits per heavy atom. The molecule has 16 heavy (non-hydrogen) atoms. The van der Waals surface area contributed by atoms with E-state index >= 15 is 0 Å². The van der Waals surface area contributed by atoms with Crippen molar-refractivity contribution in [2.75, 3.05) is 11.9 Å². The zero-order valence-electron chi connectivity index (χ0n) is 9.97. The van der Waals surface area contributed by atoms with Gasteiger partial charge in [0.1, 0.15) is 5.82 Å². The topological polar surface area (TPSA) is 53.4 Å². The second-order valence-electron chi connectivity index (χ2n) is 3.96. The van der Waals surface area contributed by atoms with E-state index in [1.54, 1.807) is 12.1 Å². The summed E-state index contributed by atoms with van der Waals surface area (Å²) in [7, 11) is 1.98. The van der Waals surface area contributed by atoms with Crippen LogP contribution in [0.5, 0.6) is 0 Å². The van der Waals surface area contributed by atoms with Gasteiger partial charge in [0.25, 0.3) is 0 Å². The minimum Gasteiger partial charge on any atom is -0.478 e. The third-order valence-electron chi connectivity index (χ3n) is 2.72. The van der Waals surface area contributed by atoms with Gasteiger partial charge in [0.15, 0.2) is 0 Å². The number of carboxylic acids is 1. The fourth-order valence-corrected chi connectivity index (χ4v) is 1.56. The van der Waals surface area contributed by atoms with Gasteiger partial charge in [-0.25, -0.2) is 9.78 Å². The third kappa shape index (κ3) is 2.95. The van der Waals surface area contributed by atoms with Gasteiger partial charge in [0.05, 0.1) is 5.56 Å². The van der Waals surface area contributed by atoms with Crippen LogP contribution in [0.25, 0.3) is 0 Å². The highest BCUT2D eigenvalue weighted by Crippen LogP contribution is 2.14. The molecule has 1 heterocycles. The van der Waals surface area contributed by atoms with Crippen LogP contribution in [0.15, 0.2) is 18.3 Å². The van der Waals surface area contributed by atoms with E-state index in [1.165, 1.54) is 6.20 Å². The van der Waals surface area contributed by atoms with Crippen molar-refractivity contribution in [3.8, 4) is 0 Å². The number of aromatic nitrogens is 1. The maximum atomic E-state index is 10.7. The van der Waals surface area contributed by atoms with Gasteiger partial charge in [0, 0.05) is 19.3 Å². The van der Waals surface area contributed by atoms with Crippen LogP contribution in [0, 0.1) is 0 Å². The molecule has 0 spiro atoms. The average Bonchev–Trinajstić information content (AvgIpc) is 2.28. The van der Waals surface area contributed by atoms with Crippen molar-refractivity contribution in [3.63, 3.8) is 0 Å². The number of nitrogens with zero attached hydrogens (tertiary/aromatic N) is 2. The molecule has 1 aromatic rings. The molecule has 0 fully saturated rings. The van der Waals surface area contributed by atoms with Crippen molar-refractivity contribution in [3.05, 3.63) is 23.9 Å². The van der Waals surface area contributed by atoms with E-state index in [-0.39, 0.29) is 5.56 Å². The van der Waals surface area contributed by atoms with E-state index in [2.05, 4.69) is 23.7 Å². The van der Waals surface area contributed by atoms with Crippen LogP contribution in [0.1, 0.15) is 37.0 Å². The van der Waals surface area contributed by atoms with Crippen molar-refractivity contribution in [1.29, 1.82) is 0 Å². The van der Waals surface area contributed by atoms with Gasteiger partial charge < -0.3 is 10.0 Å². The van der Waals surface area contributed by atoms with Crippen LogP contribution in [0.4, 0.5) is 5.82 Å². The lowest BCUT2D eigenvalue weighted by atomic mass is 10.1. The molecule has 0 aromatic carbocycles. The summed E-state index contributed by atoms with van der Waals surface area (Å²) in [5.41, 5.74) is 0.222. The molecule has 0 amide bonds. The van der Waals surface area contributed by atoms with E-state index in [0.29, 0.717) is 6.04 Å². The first kappa shape index (κ1) is 12.5. The lowest BCUT2D eigenvalue weighted by Gasteiger charge is -2.25. The molecule has 1 N–H and O–H groups in total. The Kier molecular flexibility index (Phi) is 4.28. The molecule has 1 unspecified atom stereocenters. The van der Waals surface area contributed by atoms with Gasteiger partial charge in [0.2, 0.25) is 0 Å². The first-order chi connectivity index (χ1) is 7.56. The lowest BCUT2D eigenvalue weighted by molar-refractivity contribution is 0.0696. The van der Waals surface area contributed by atoms with Gasteiger partial charge in [-0.1, -0.05) is 13.3 Å². The fraction of sp³-hybridized carbons (Fsp3) is 0.500. The van der Waals surface area contributed by atoms with E-state index in [0.717, 1.165) is 18.7 Å². The molecular formula is C12H18N2O2. The van der Waals surface area contributed by atoms with E-state index in [9.17, 15) is 4.79 Å². The molecule has 1 aromatic heterocycles. The van der Waals surface area contributed by atoms with Crippen LogP contribution in [0.3, 0.4) is 0 Å². The second-order valence-corrected chi connectivity index (χ2v) is 3.96. The Morgan fingerprint density at radius 1 is 1.56 bits per heavy atom. The molecule has 0 bridgehead atoms. The van der Waals surface area contributed by atoms with Crippen LogP contribution in [0.2, 0.25) is 0 Å². The van der Waals surface area contributed by atoms with Crippen LogP contribution in [-0.2, 0) is 0 Å². The largest absolute Gasteiger partial charge is 0.478 e. The third-order valence-corrected chi connectivity index (χ3v) is 2.72. The predicted octanol–water partition coefficient (Wildman–Crippen LogP) is 2.40. The van der Waals surface area contributed by atoms with Crippen molar-refractivity contribution < 1.29 is 9.90 Å². The van der Waals surface area contributed by atoms with Crippen LogP contribution in [-0.4, -0.2) is 29.1 Å². The van der Waals surface area contributed by atoms with Gasteiger partial charge in [-0.3, -0.25) is 0 Å². The van der Waals surface area contributed by atoms with Crippen LogP contribution >= 0.6 is 0 Å². The number of carboxylic acid groups (broad SMARTS) is 1. The number of rotatable bonds is 5. The molecule has 0 radical (unpaired) electrons. The van der Waals surface area contributed by atoms with Crippen molar-refractivity contribution >= 4 is 11.8 Å². The Bertz CT molecular complexity index is 349. The summed E-state index contributed by atoms with van der Waals surface area (Å²) >= 11 is 0. The summed E-state index contributed by atoms with van der Waals surface area (Å²) in [6.07, 6.45) is 3.62. The van der Waals surface area contributed by atoms with E-state index in [1.807, 2.05) is 7.05 Å². The van der Waals surface area contributed by atoms with Crippen molar-refractivity contribution in [1.82, 2.24) is 4.98 Å². The molecule has 88 valence electrons. The zero-order valence-corrected chi connectivity index (χ0v) is 9.97. The highest BCUT2D eigenvalue weighted by atomic mass is 16.4. The quantitative estimate of drug-likeness (QED) is 0.831. The number of anilines is 1. The summed E-state index contributed by atoms with van der Waals surface area (Å²) in [6, 6.07) is 3.74. The zero-order chi connectivity index (χ0) is 12.1. The maximum Gasteiger partial charge on any atom is 0.337 e. The van der Waals surface area contributed by atoms with Crippen molar-refractivity contribution in [2.45, 2.75) is 32.7 Å². The predicted molar refractivity (Wildman–Crippen MR) is 64.0 cm³/mol. The number of aromatic carboxylic acids is 1. The molecule has 0 saturated heterocycles. The minimum absolute atomic E-state index is 0.222. The van der Waals surface area contributed by atoms with E-state index < -0.39 is 5.97 Å². The second kappa shape index (κ2) is 5.49. The summed E-state index contributed by atoms with van der Waals surface area (Å²) < 4.78 is 0. The Morgan fingerprint density at radius 3 is 2.69 bits per heavy atom. The standard InChI is InChI=1S/C12H18N2O2/c1-4-5-9(2)14(3)11-7-6-10(8-13-11)12(15)16/h6-9H,4-5H2,1-3H3,(H,15,16). The number of pyridine rings is 1. The van der Waals surface area contributed by atoms with Gasteiger partial charge in [-0.15, -0.1) is 0 Å². The molecule has 0 aliphatic carbocycles. The van der Waals surface area contributed by atoms with Gasteiger partial charge >= 0.3 is 5.97 Å². The Balaban J connectivity index is 2.77. The molecule has 4 nitrogen and oxygen atoms in total. The number of carbonyl (C=O) groups is 1. The van der Waals surface area contributed by atoms with Gasteiger partial charge in [-0.2, -0.15) is 0 Å². The first-order valence-electron chi connectivity index (χ1n) is 5.48. The normalized spacial score (nSPS) is 12.2. The monoisotopic (exact) mass is 222 g/mol. The smallest absolute Gasteiger partial charge is 0.337 e. The fourth-order valence-electron chi connectivity index (χ4n) is 1.56. The molecular weight excluding hydrogens is 204 g/mol. The first-order valence-corrected chi connectivity index (χ1v) is 5.48. The van der Waals surface area contributed by atoms with Crippen molar-refractivity contribution in [2.24, 2.45) is 0 Å². The summed E-state index contributed by atoms with van der Waals surface area (Å²) in [6.45, 7) is 4.28. The summed E-state index contributed by atoms with van der Waals surface area (Å²) in [5.74, 6) is -0.130. The van der Waals surface area contributed by atoms with E-state index in [4.69, 9.17) is 5.11 Å². The molecule has 0 aliphatic heterocycles. The molecule has 0 aliphatic rings. The highest BCUT2D eigenvalue weighted by Gasteiger charge is 2.11.